The summed E-state index contributed by atoms with van der Waals surface area (Å²) in [7, 11) is 0. The maximum atomic E-state index is 13.3. The molecule has 5 nitrogen and oxygen atoms in total. The SMILES string of the molecule is CCC(C)(C)N(C(=O)c1ccc(F)cc1)C1CC(=O)N(c2ccc(C)cc2)C1=O. The van der Waals surface area contributed by atoms with Crippen LogP contribution in [-0.4, -0.2) is 34.2 Å². The molecule has 0 bridgehead atoms. The Hall–Kier alpha value is -3.02. The lowest BCUT2D eigenvalue weighted by Crippen LogP contribution is -2.55. The number of nitrogens with zero attached hydrogens (tertiary/aromatic N) is 2. The number of halogens is 1. The predicted molar refractivity (Wildman–Crippen MR) is 109 cm³/mol. The first-order valence-corrected chi connectivity index (χ1v) is 9.68. The average Bonchev–Trinajstić information content (AvgIpc) is 2.97. The molecule has 0 aromatic heterocycles. The molecule has 0 spiro atoms. The fourth-order valence-corrected chi connectivity index (χ4v) is 3.52. The minimum absolute atomic E-state index is 0.0803. The van der Waals surface area contributed by atoms with Crippen LogP contribution < -0.4 is 4.90 Å². The minimum Gasteiger partial charge on any atom is -0.321 e. The first-order chi connectivity index (χ1) is 13.7. The van der Waals surface area contributed by atoms with E-state index in [9.17, 15) is 18.8 Å². The summed E-state index contributed by atoms with van der Waals surface area (Å²) in [5.74, 6) is -1.60. The summed E-state index contributed by atoms with van der Waals surface area (Å²) in [6.45, 7) is 7.57. The molecule has 1 aliphatic rings. The fourth-order valence-electron chi connectivity index (χ4n) is 3.52. The fraction of sp³-hybridized carbons (Fsp3) is 0.348. The Morgan fingerprint density at radius 2 is 1.69 bits per heavy atom. The molecule has 1 unspecified atom stereocenters. The van der Waals surface area contributed by atoms with Gasteiger partial charge in [-0.15, -0.1) is 0 Å². The lowest BCUT2D eigenvalue weighted by molar-refractivity contribution is -0.123. The van der Waals surface area contributed by atoms with Crippen molar-refractivity contribution in [1.29, 1.82) is 0 Å². The number of rotatable bonds is 5. The Labute approximate surface area is 170 Å². The van der Waals surface area contributed by atoms with Crippen molar-refractivity contribution >= 4 is 23.4 Å². The van der Waals surface area contributed by atoms with E-state index in [-0.39, 0.29) is 17.9 Å². The lowest BCUT2D eigenvalue weighted by Gasteiger charge is -2.41. The summed E-state index contributed by atoms with van der Waals surface area (Å²) in [6, 6.07) is 11.4. The average molecular weight is 396 g/mol. The molecule has 29 heavy (non-hydrogen) atoms. The number of carbonyl (C=O) groups is 3. The highest BCUT2D eigenvalue weighted by Gasteiger charge is 2.48. The number of aryl methyl sites for hydroxylation is 1. The maximum Gasteiger partial charge on any atom is 0.257 e. The largest absolute Gasteiger partial charge is 0.321 e. The van der Waals surface area contributed by atoms with E-state index in [0.717, 1.165) is 10.5 Å². The van der Waals surface area contributed by atoms with Crippen molar-refractivity contribution in [1.82, 2.24) is 4.90 Å². The summed E-state index contributed by atoms with van der Waals surface area (Å²) < 4.78 is 13.3. The van der Waals surface area contributed by atoms with Gasteiger partial charge in [0.1, 0.15) is 11.9 Å². The normalized spacial score (nSPS) is 17.0. The standard InChI is InChI=1S/C23H25FN2O3/c1-5-23(3,4)26(21(28)16-8-10-17(24)11-9-16)19-14-20(27)25(22(19)29)18-12-6-15(2)7-13-18/h6-13,19H,5,14H2,1-4H3. The van der Waals surface area contributed by atoms with Gasteiger partial charge in [0, 0.05) is 11.1 Å². The number of benzene rings is 2. The van der Waals surface area contributed by atoms with Gasteiger partial charge in [-0.05, 0) is 63.6 Å². The summed E-state index contributed by atoms with van der Waals surface area (Å²) in [5, 5.41) is 0. The van der Waals surface area contributed by atoms with Crippen molar-refractivity contribution < 1.29 is 18.8 Å². The lowest BCUT2D eigenvalue weighted by atomic mass is 9.94. The van der Waals surface area contributed by atoms with Gasteiger partial charge >= 0.3 is 0 Å². The van der Waals surface area contributed by atoms with E-state index in [1.54, 1.807) is 12.1 Å². The van der Waals surface area contributed by atoms with E-state index >= 15 is 0 Å². The van der Waals surface area contributed by atoms with Crippen molar-refractivity contribution in [3.05, 3.63) is 65.5 Å². The van der Waals surface area contributed by atoms with Crippen molar-refractivity contribution in [2.24, 2.45) is 0 Å². The van der Waals surface area contributed by atoms with Gasteiger partial charge in [0.25, 0.3) is 11.8 Å². The van der Waals surface area contributed by atoms with Crippen LogP contribution in [-0.2, 0) is 9.59 Å². The molecule has 0 aliphatic carbocycles. The minimum atomic E-state index is -0.906. The molecular weight excluding hydrogens is 371 g/mol. The molecule has 1 aliphatic heterocycles. The quantitative estimate of drug-likeness (QED) is 0.715. The molecule has 0 N–H and O–H groups in total. The molecule has 2 aromatic carbocycles. The molecule has 6 heteroatoms. The zero-order chi connectivity index (χ0) is 21.3. The van der Waals surface area contributed by atoms with Crippen molar-refractivity contribution in [2.75, 3.05) is 4.90 Å². The number of carbonyl (C=O) groups excluding carboxylic acids is 3. The van der Waals surface area contributed by atoms with Gasteiger partial charge < -0.3 is 4.90 Å². The Kier molecular flexibility index (Phi) is 5.55. The van der Waals surface area contributed by atoms with Crippen LogP contribution in [0.4, 0.5) is 10.1 Å². The first-order valence-electron chi connectivity index (χ1n) is 9.68. The summed E-state index contributed by atoms with van der Waals surface area (Å²) >= 11 is 0. The van der Waals surface area contributed by atoms with E-state index in [1.807, 2.05) is 39.8 Å². The van der Waals surface area contributed by atoms with E-state index in [1.165, 1.54) is 29.2 Å². The summed E-state index contributed by atoms with van der Waals surface area (Å²) in [5.41, 5.74) is 1.12. The van der Waals surface area contributed by atoms with Gasteiger partial charge in [-0.25, -0.2) is 9.29 Å². The Bertz CT molecular complexity index is 936. The smallest absolute Gasteiger partial charge is 0.257 e. The van der Waals surface area contributed by atoms with E-state index in [4.69, 9.17) is 0 Å². The van der Waals surface area contributed by atoms with Crippen LogP contribution in [0.5, 0.6) is 0 Å². The van der Waals surface area contributed by atoms with Gasteiger partial charge in [0.05, 0.1) is 12.1 Å². The van der Waals surface area contributed by atoms with Crippen molar-refractivity contribution in [3.63, 3.8) is 0 Å². The third-order valence-electron chi connectivity index (χ3n) is 5.55. The second-order valence-corrected chi connectivity index (χ2v) is 7.97. The molecule has 152 valence electrons. The molecule has 1 fully saturated rings. The van der Waals surface area contributed by atoms with Gasteiger partial charge in [0.2, 0.25) is 5.91 Å². The summed E-state index contributed by atoms with van der Waals surface area (Å²) in [6.07, 6.45) is 0.505. The highest BCUT2D eigenvalue weighted by atomic mass is 19.1. The number of anilines is 1. The molecule has 1 atom stereocenters. The van der Waals surface area contributed by atoms with Crippen LogP contribution in [0.2, 0.25) is 0 Å². The molecule has 3 amide bonds. The molecule has 0 radical (unpaired) electrons. The summed E-state index contributed by atoms with van der Waals surface area (Å²) in [4.78, 5) is 41.9. The van der Waals surface area contributed by atoms with Crippen LogP contribution >= 0.6 is 0 Å². The maximum absolute atomic E-state index is 13.3. The second kappa shape index (κ2) is 7.78. The topological polar surface area (TPSA) is 57.7 Å². The zero-order valence-corrected chi connectivity index (χ0v) is 17.1. The zero-order valence-electron chi connectivity index (χ0n) is 17.1. The van der Waals surface area contributed by atoms with Gasteiger partial charge in [-0.3, -0.25) is 14.4 Å². The van der Waals surface area contributed by atoms with Gasteiger partial charge in [-0.2, -0.15) is 0 Å². The van der Waals surface area contributed by atoms with E-state index < -0.39 is 29.2 Å². The van der Waals surface area contributed by atoms with E-state index in [2.05, 4.69) is 0 Å². The second-order valence-electron chi connectivity index (χ2n) is 7.97. The third kappa shape index (κ3) is 3.92. The third-order valence-corrected chi connectivity index (χ3v) is 5.55. The van der Waals surface area contributed by atoms with Gasteiger partial charge in [-0.1, -0.05) is 24.6 Å². The first kappa shape index (κ1) is 20.7. The molecule has 2 aromatic rings. The van der Waals surface area contributed by atoms with Crippen LogP contribution in [0.25, 0.3) is 0 Å². The van der Waals surface area contributed by atoms with Crippen molar-refractivity contribution in [2.45, 2.75) is 52.1 Å². The van der Waals surface area contributed by atoms with Crippen LogP contribution in [0, 0.1) is 12.7 Å². The highest BCUT2D eigenvalue weighted by Crippen LogP contribution is 2.32. The Balaban J connectivity index is 1.99. The molecule has 1 saturated heterocycles. The Morgan fingerprint density at radius 1 is 1.10 bits per heavy atom. The predicted octanol–water partition coefficient (Wildman–Crippen LogP) is 4.10. The molecule has 3 rings (SSSR count). The van der Waals surface area contributed by atoms with E-state index in [0.29, 0.717) is 12.1 Å². The van der Waals surface area contributed by atoms with Crippen LogP contribution in [0.3, 0.4) is 0 Å². The number of imide groups is 1. The van der Waals surface area contributed by atoms with Crippen LogP contribution in [0.1, 0.15) is 49.5 Å². The number of hydrogen-bond acceptors (Lipinski definition) is 3. The molecule has 0 saturated carbocycles. The van der Waals surface area contributed by atoms with Gasteiger partial charge in [0.15, 0.2) is 0 Å². The molecule has 1 heterocycles. The molecular formula is C23H25FN2O3. The number of hydrogen-bond donors (Lipinski definition) is 0. The van der Waals surface area contributed by atoms with Crippen molar-refractivity contribution in [3.8, 4) is 0 Å². The number of amides is 3. The monoisotopic (exact) mass is 396 g/mol. The Morgan fingerprint density at radius 3 is 2.24 bits per heavy atom. The highest BCUT2D eigenvalue weighted by molar-refractivity contribution is 6.23. The van der Waals surface area contributed by atoms with Crippen LogP contribution in [0.15, 0.2) is 48.5 Å².